The van der Waals surface area contributed by atoms with E-state index in [-0.39, 0.29) is 44.9 Å². The molecular weight excluding hydrogens is 1020 g/mol. The van der Waals surface area contributed by atoms with Crippen molar-refractivity contribution in [3.8, 4) is 11.4 Å². The third kappa shape index (κ3) is 10.5. The van der Waals surface area contributed by atoms with Gasteiger partial charge in [-0.3, -0.25) is 13.9 Å². The van der Waals surface area contributed by atoms with Gasteiger partial charge < -0.3 is 16.0 Å². The van der Waals surface area contributed by atoms with Gasteiger partial charge in [-0.25, -0.2) is 18.6 Å². The Labute approximate surface area is 394 Å². The Bertz CT molecular complexity index is 2820. The number of hydrazone groups is 1. The van der Waals surface area contributed by atoms with E-state index in [2.05, 4.69) is 87.6 Å². The SMILES string of the molecule is CC(=O)N/N=C1\Cc2c(F)ccc(C(F)(F)F)c2NC1(C)C.Cc1nnc2n1-c1c(F)c(Br)cc(C(F)(F)F)c1NC2(C)C.Cc1nnc2n1-c1c(F)ccc(C(F)(F)F)c1NC2(C)C.[B]=NS. The van der Waals surface area contributed by atoms with Crippen molar-refractivity contribution in [3.05, 3.63) is 97.8 Å². The third-order valence-electron chi connectivity index (χ3n) is 10.4. The van der Waals surface area contributed by atoms with Crippen LogP contribution >= 0.6 is 28.7 Å². The van der Waals surface area contributed by atoms with Gasteiger partial charge in [0.2, 0.25) is 5.91 Å². The van der Waals surface area contributed by atoms with Crippen LogP contribution in [0.4, 0.5) is 69.7 Å². The number of aromatic nitrogens is 6. The van der Waals surface area contributed by atoms with Crippen molar-refractivity contribution in [3.63, 3.8) is 0 Å². The number of fused-ring (bicyclic) bond motifs is 7. The number of halogens is 13. The number of alkyl halides is 9. The summed E-state index contributed by atoms with van der Waals surface area (Å²) in [5, 5.41) is 27.7. The van der Waals surface area contributed by atoms with E-state index in [0.29, 0.717) is 35.1 Å². The molecule has 5 heterocycles. The van der Waals surface area contributed by atoms with Crippen LogP contribution < -0.4 is 21.4 Å². The van der Waals surface area contributed by atoms with Gasteiger partial charge in [-0.2, -0.15) is 44.6 Å². The third-order valence-corrected chi connectivity index (χ3v) is 11.0. The Morgan fingerprint density at radius 2 is 1.12 bits per heavy atom. The molecule has 3 aliphatic rings. The first-order valence-electron chi connectivity index (χ1n) is 19.6. The average Bonchev–Trinajstić information content (AvgIpc) is 3.78. The number of hydrogen-bond acceptors (Lipinski definition) is 11. The number of nitrogens with one attached hydrogen (secondary N) is 4. The number of amides is 1. The molecule has 3 aliphatic heterocycles. The summed E-state index contributed by atoms with van der Waals surface area (Å²) in [5.41, 5.74) is -4.39. The summed E-state index contributed by atoms with van der Waals surface area (Å²) in [6, 6.07) is 3.79. The van der Waals surface area contributed by atoms with Crippen molar-refractivity contribution in [2.24, 2.45) is 9.40 Å². The van der Waals surface area contributed by atoms with Crippen LogP contribution in [-0.4, -0.2) is 54.3 Å². The van der Waals surface area contributed by atoms with Crippen LogP contribution in [0.3, 0.4) is 0 Å². The van der Waals surface area contributed by atoms with Crippen LogP contribution in [0.15, 0.2) is 44.2 Å². The topological polar surface area (TPSA) is 151 Å². The van der Waals surface area contributed by atoms with E-state index in [1.54, 1.807) is 55.4 Å². The molecule has 68 heavy (non-hydrogen) atoms. The molecule has 0 spiro atoms. The zero-order valence-corrected chi connectivity index (χ0v) is 39.5. The molecule has 0 saturated carbocycles. The molecule has 2 aromatic heterocycles. The fourth-order valence-electron chi connectivity index (χ4n) is 7.40. The number of rotatable bonds is 1. The second-order valence-electron chi connectivity index (χ2n) is 16.8. The molecular formula is C40H39BBrF12N12OS. The van der Waals surface area contributed by atoms with Crippen LogP contribution in [0.2, 0.25) is 0 Å². The summed E-state index contributed by atoms with van der Waals surface area (Å²) in [6.45, 7) is 14.3. The Balaban J connectivity index is 0.000000185. The number of anilines is 3. The van der Waals surface area contributed by atoms with E-state index in [9.17, 15) is 57.5 Å². The number of carbonyl (C=O) groups excluding carboxylic acids is 1. The number of thiol groups is 1. The molecule has 0 bridgehead atoms. The van der Waals surface area contributed by atoms with Gasteiger partial charge >= 0.3 is 43.3 Å². The first-order valence-corrected chi connectivity index (χ1v) is 20.8. The molecule has 365 valence electrons. The van der Waals surface area contributed by atoms with E-state index >= 15 is 0 Å². The number of hydrogen-bond donors (Lipinski definition) is 5. The average molecular weight is 1050 g/mol. The Hall–Kier alpha value is -5.67. The normalized spacial score (nSPS) is 16.4. The second-order valence-corrected chi connectivity index (χ2v) is 17.9. The molecule has 4 N–H and O–H groups in total. The van der Waals surface area contributed by atoms with E-state index in [0.717, 1.165) is 24.3 Å². The van der Waals surface area contributed by atoms with Gasteiger partial charge in [0.15, 0.2) is 17.5 Å². The predicted octanol–water partition coefficient (Wildman–Crippen LogP) is 10.8. The van der Waals surface area contributed by atoms with Gasteiger partial charge in [-0.15, -0.1) is 20.4 Å². The van der Waals surface area contributed by atoms with Crippen molar-refractivity contribution < 1.29 is 57.5 Å². The zero-order chi connectivity index (χ0) is 51.4. The summed E-state index contributed by atoms with van der Waals surface area (Å²) < 4.78 is 166. The molecule has 0 fully saturated rings. The van der Waals surface area contributed by atoms with Crippen LogP contribution in [0, 0.1) is 31.3 Å². The van der Waals surface area contributed by atoms with Gasteiger partial charge in [0.25, 0.3) is 0 Å². The van der Waals surface area contributed by atoms with E-state index in [1.165, 1.54) is 16.1 Å². The molecule has 28 heteroatoms. The van der Waals surface area contributed by atoms with Gasteiger partial charge in [0.1, 0.15) is 34.7 Å². The molecule has 1 amide bonds. The standard InChI is InChI=1S/C14H15F4N3O.C13H11BrF4N4.C13H12F4N4.BHNS/c1-7(22)20-21-11-6-8-10(15)5-4-9(14(16,17)18)12(8)19-13(11,2)3;1-5-20-21-11-12(2,3)19-9-6(13(16,17)18)4-7(14)8(15)10(9)22(5)11;1-6-19-20-11-12(2,3)18-9-7(13(15,16)17)4-5-8(14)10(9)21(6)11;1-2-3/h4-5,19H,6H2,1-3H3,(H,20,22);4,19H,1-3H3;4-5,18H,1-3H3;3H/b21-11+;;;. The number of benzene rings is 3. The molecule has 0 saturated heterocycles. The Morgan fingerprint density at radius 3 is 1.57 bits per heavy atom. The predicted molar refractivity (Wildman–Crippen MR) is 234 cm³/mol. The van der Waals surface area contributed by atoms with Crippen molar-refractivity contribution in [2.75, 3.05) is 16.0 Å². The maximum absolute atomic E-state index is 14.5. The van der Waals surface area contributed by atoms with Gasteiger partial charge in [-0.05, 0) is 102 Å². The minimum atomic E-state index is -4.62. The summed E-state index contributed by atoms with van der Waals surface area (Å²) >= 11 is 6.05. The van der Waals surface area contributed by atoms with Crippen molar-refractivity contribution in [1.29, 1.82) is 0 Å². The Kier molecular flexibility index (Phi) is 14.6. The molecule has 0 unspecified atom stereocenters. The minimum absolute atomic E-state index is 0.113. The fourth-order valence-corrected chi connectivity index (χ4v) is 7.82. The second kappa shape index (κ2) is 18.7. The van der Waals surface area contributed by atoms with Crippen molar-refractivity contribution in [1.82, 2.24) is 35.0 Å². The van der Waals surface area contributed by atoms with Gasteiger partial charge in [-0.1, -0.05) is 0 Å². The van der Waals surface area contributed by atoms with Gasteiger partial charge in [0.05, 0.1) is 60.6 Å². The number of aryl methyl sites for hydroxylation is 2. The molecule has 3 aromatic carbocycles. The van der Waals surface area contributed by atoms with Gasteiger partial charge in [0, 0.05) is 18.9 Å². The van der Waals surface area contributed by atoms with Crippen molar-refractivity contribution in [2.45, 2.75) is 104 Å². The molecule has 13 nitrogen and oxygen atoms in total. The molecule has 5 aromatic rings. The van der Waals surface area contributed by atoms with Crippen LogP contribution in [-0.2, 0) is 40.8 Å². The first-order chi connectivity index (χ1) is 31.1. The van der Waals surface area contributed by atoms with E-state index in [1.807, 2.05) is 0 Å². The Morgan fingerprint density at radius 1 is 0.706 bits per heavy atom. The zero-order valence-electron chi connectivity index (χ0n) is 37.0. The summed E-state index contributed by atoms with van der Waals surface area (Å²) in [6.07, 6.45) is -13.9. The van der Waals surface area contributed by atoms with E-state index < -0.39 is 75.2 Å². The molecule has 0 aliphatic carbocycles. The van der Waals surface area contributed by atoms with Crippen LogP contribution in [0.25, 0.3) is 11.4 Å². The molecule has 1 radical (unpaired) electrons. The fraction of sp³-hybridized carbons (Fsp3) is 0.400. The molecule has 8 rings (SSSR count). The van der Waals surface area contributed by atoms with Crippen LogP contribution in [0.5, 0.6) is 0 Å². The summed E-state index contributed by atoms with van der Waals surface area (Å²) in [7, 11) is 4.34. The number of nitrogens with zero attached hydrogens (tertiary/aromatic N) is 8. The summed E-state index contributed by atoms with van der Waals surface area (Å²) in [5.74, 6) is -1.36. The van der Waals surface area contributed by atoms with Crippen molar-refractivity contribution >= 4 is 65.1 Å². The monoisotopic (exact) mass is 1050 g/mol. The quantitative estimate of drug-likeness (QED) is 0.0482. The number of carbonyl (C=O) groups is 1. The maximum atomic E-state index is 14.5. The summed E-state index contributed by atoms with van der Waals surface area (Å²) in [4.78, 5) is 10.9. The van der Waals surface area contributed by atoms with Crippen LogP contribution in [0.1, 0.15) is 94.0 Å². The first kappa shape index (κ1) is 53.3. The molecule has 0 atom stereocenters. The van der Waals surface area contributed by atoms with E-state index in [4.69, 9.17) is 0 Å².